The number of nitrogens with zero attached hydrogens (tertiary/aromatic N) is 4. The number of pyridine rings is 1. The van der Waals surface area contributed by atoms with Gasteiger partial charge >= 0.3 is 6.18 Å². The topological polar surface area (TPSA) is 41.4 Å². The lowest BCUT2D eigenvalue weighted by molar-refractivity contribution is -0.141. The number of alkyl halides is 3. The van der Waals surface area contributed by atoms with Crippen molar-refractivity contribution in [2.75, 3.05) is 27.2 Å². The molecule has 5 nitrogen and oxygen atoms in total. The number of amides is 1. The fourth-order valence-corrected chi connectivity index (χ4v) is 3.67. The largest absolute Gasteiger partial charge is 0.433 e. The maximum atomic E-state index is 13.7. The highest BCUT2D eigenvalue weighted by atomic mass is 19.4. The van der Waals surface area contributed by atoms with Gasteiger partial charge in [0.15, 0.2) is 5.69 Å². The van der Waals surface area contributed by atoms with E-state index in [0.29, 0.717) is 11.5 Å². The fourth-order valence-electron chi connectivity index (χ4n) is 3.67. The standard InChI is InChI=1S/C19H25F3N4O/c1-13-6-4-8-25(10-13)11-15-14-7-5-9-26(12-16(27)24(2)3)18(14)23-17(15)19(20,21)22/h5,7,9,13H,4,6,8,10-12H2,1-3H3. The highest BCUT2D eigenvalue weighted by molar-refractivity contribution is 5.76. The van der Waals surface area contributed by atoms with E-state index in [9.17, 15) is 18.0 Å². The van der Waals surface area contributed by atoms with Gasteiger partial charge in [0, 0.05) is 44.5 Å². The number of hydrogen-bond acceptors (Lipinski definition) is 3. The summed E-state index contributed by atoms with van der Waals surface area (Å²) < 4.78 is 42.5. The molecule has 27 heavy (non-hydrogen) atoms. The second kappa shape index (κ2) is 7.50. The summed E-state index contributed by atoms with van der Waals surface area (Å²) in [5, 5.41) is 0. The predicted molar refractivity (Wildman–Crippen MR) is 96.2 cm³/mol. The molecule has 148 valence electrons. The highest BCUT2D eigenvalue weighted by Crippen LogP contribution is 2.39. The van der Waals surface area contributed by atoms with Gasteiger partial charge < -0.3 is 9.47 Å². The van der Waals surface area contributed by atoms with E-state index in [0.717, 1.165) is 25.9 Å². The molecule has 0 aromatic rings. The van der Waals surface area contributed by atoms with Crippen LogP contribution in [0.4, 0.5) is 13.2 Å². The third-order valence-electron chi connectivity index (χ3n) is 5.07. The van der Waals surface area contributed by atoms with Crippen molar-refractivity contribution in [1.29, 1.82) is 0 Å². The van der Waals surface area contributed by atoms with E-state index in [4.69, 9.17) is 0 Å². The van der Waals surface area contributed by atoms with Crippen molar-refractivity contribution in [2.24, 2.45) is 5.92 Å². The number of carbonyl (C=O) groups excluding carboxylic acids is 1. The van der Waals surface area contributed by atoms with E-state index in [1.54, 1.807) is 32.4 Å². The summed E-state index contributed by atoms with van der Waals surface area (Å²) in [5.41, 5.74) is -0.166. The Morgan fingerprint density at radius 1 is 1.37 bits per heavy atom. The summed E-state index contributed by atoms with van der Waals surface area (Å²) in [6.45, 7) is 3.88. The van der Waals surface area contributed by atoms with Crippen LogP contribution in [0, 0.1) is 5.92 Å². The van der Waals surface area contributed by atoms with E-state index in [1.165, 1.54) is 9.47 Å². The Balaban J connectivity index is 1.99. The first-order chi connectivity index (χ1) is 12.7. The summed E-state index contributed by atoms with van der Waals surface area (Å²) in [7, 11) is 3.23. The van der Waals surface area contributed by atoms with Crippen LogP contribution in [0.25, 0.3) is 11.4 Å². The summed E-state index contributed by atoms with van der Waals surface area (Å²) in [5.74, 6) is 0.487. The van der Waals surface area contributed by atoms with Gasteiger partial charge in [0.05, 0.1) is 0 Å². The molecule has 1 amide bonds. The molecule has 1 atom stereocenters. The van der Waals surface area contributed by atoms with Crippen LogP contribution >= 0.6 is 0 Å². The van der Waals surface area contributed by atoms with Gasteiger partial charge in [0.1, 0.15) is 12.4 Å². The van der Waals surface area contributed by atoms with Crippen LogP contribution in [0.3, 0.4) is 0 Å². The smallest absolute Gasteiger partial charge is 0.347 e. The van der Waals surface area contributed by atoms with E-state index in [2.05, 4.69) is 16.8 Å². The number of aromatic nitrogens is 2. The fraction of sp³-hybridized carbons (Fsp3) is 0.579. The minimum Gasteiger partial charge on any atom is -0.347 e. The SMILES string of the molecule is CC1CCCN(Cc2c3cccn(CC(=O)N(C)C)c-3nc2C(F)(F)F)C1. The average Bonchev–Trinajstić information content (AvgIpc) is 2.95. The molecule has 0 N–H and O–H groups in total. The van der Waals surface area contributed by atoms with Crippen LogP contribution in [-0.2, 0) is 24.1 Å². The van der Waals surface area contributed by atoms with Gasteiger partial charge in [0.2, 0.25) is 5.91 Å². The van der Waals surface area contributed by atoms with Gasteiger partial charge in [-0.1, -0.05) is 6.92 Å². The molecule has 0 aliphatic carbocycles. The van der Waals surface area contributed by atoms with Crippen LogP contribution in [0.1, 0.15) is 31.0 Å². The lowest BCUT2D eigenvalue weighted by atomic mass is 9.99. The predicted octanol–water partition coefficient (Wildman–Crippen LogP) is 3.33. The molecule has 3 aliphatic heterocycles. The molecular weight excluding hydrogens is 357 g/mol. The molecule has 3 aliphatic rings. The zero-order valence-electron chi connectivity index (χ0n) is 15.9. The van der Waals surface area contributed by atoms with Gasteiger partial charge in [-0.3, -0.25) is 9.69 Å². The van der Waals surface area contributed by atoms with Gasteiger partial charge in [0.25, 0.3) is 0 Å². The van der Waals surface area contributed by atoms with Crippen LogP contribution in [-0.4, -0.2) is 52.4 Å². The molecule has 0 aromatic carbocycles. The normalized spacial score (nSPS) is 18.8. The lowest BCUT2D eigenvalue weighted by Crippen LogP contribution is -2.34. The number of rotatable bonds is 4. The van der Waals surface area contributed by atoms with Gasteiger partial charge in [-0.2, -0.15) is 13.2 Å². The van der Waals surface area contributed by atoms with Crippen molar-refractivity contribution in [3.8, 4) is 11.4 Å². The van der Waals surface area contributed by atoms with Crippen molar-refractivity contribution in [3.05, 3.63) is 29.6 Å². The second-order valence-corrected chi connectivity index (χ2v) is 7.58. The molecule has 8 heteroatoms. The molecule has 0 bridgehead atoms. The number of likely N-dealkylation sites (tertiary alicyclic amines) is 1. The van der Waals surface area contributed by atoms with Gasteiger partial charge in [-0.15, -0.1) is 0 Å². The van der Waals surface area contributed by atoms with Crippen molar-refractivity contribution >= 4 is 5.91 Å². The summed E-state index contributed by atoms with van der Waals surface area (Å²) in [4.78, 5) is 19.4. The molecule has 0 saturated carbocycles. The quantitative estimate of drug-likeness (QED) is 0.815. The summed E-state index contributed by atoms with van der Waals surface area (Å²) >= 11 is 0. The van der Waals surface area contributed by atoms with Gasteiger partial charge in [-0.25, -0.2) is 4.98 Å². The maximum absolute atomic E-state index is 13.7. The molecule has 0 spiro atoms. The van der Waals surface area contributed by atoms with Crippen molar-refractivity contribution in [2.45, 2.75) is 39.0 Å². The first-order valence-electron chi connectivity index (χ1n) is 9.14. The molecule has 1 fully saturated rings. The highest BCUT2D eigenvalue weighted by Gasteiger charge is 2.40. The number of carbonyl (C=O) groups is 1. The molecule has 0 radical (unpaired) electrons. The third-order valence-corrected chi connectivity index (χ3v) is 5.07. The molecule has 0 aromatic heterocycles. The Kier molecular flexibility index (Phi) is 5.46. The number of piperidine rings is 1. The minimum absolute atomic E-state index is 0.0428. The average molecular weight is 382 g/mol. The van der Waals surface area contributed by atoms with E-state index in [1.807, 2.05) is 0 Å². The maximum Gasteiger partial charge on any atom is 0.433 e. The van der Waals surface area contributed by atoms with Gasteiger partial charge in [-0.05, 0) is 37.4 Å². The summed E-state index contributed by atoms with van der Waals surface area (Å²) in [6.07, 6.45) is -0.829. The lowest BCUT2D eigenvalue weighted by Gasteiger charge is -2.31. The van der Waals surface area contributed by atoms with E-state index >= 15 is 0 Å². The number of fused-ring (bicyclic) bond motifs is 1. The Morgan fingerprint density at radius 2 is 2.11 bits per heavy atom. The Hall–Kier alpha value is -2.09. The van der Waals surface area contributed by atoms with E-state index < -0.39 is 11.9 Å². The van der Waals surface area contributed by atoms with Crippen LogP contribution in [0.15, 0.2) is 18.3 Å². The molecule has 3 rings (SSSR count). The number of hydrogen-bond donors (Lipinski definition) is 0. The zero-order chi connectivity index (χ0) is 19.8. The second-order valence-electron chi connectivity index (χ2n) is 7.58. The zero-order valence-corrected chi connectivity index (χ0v) is 15.9. The van der Waals surface area contributed by atoms with Crippen LogP contribution < -0.4 is 0 Å². The molecular formula is C19H25F3N4O. The number of likely N-dealkylation sites (N-methyl/N-ethyl adjacent to an activating group) is 1. The first kappa shape index (κ1) is 19.7. The van der Waals surface area contributed by atoms with Crippen molar-refractivity contribution in [1.82, 2.24) is 19.4 Å². The Bertz CT molecular complexity index is 784. The Morgan fingerprint density at radius 3 is 2.74 bits per heavy atom. The monoisotopic (exact) mass is 382 g/mol. The number of halogens is 3. The van der Waals surface area contributed by atoms with Crippen molar-refractivity contribution in [3.63, 3.8) is 0 Å². The van der Waals surface area contributed by atoms with Crippen molar-refractivity contribution < 1.29 is 18.0 Å². The Labute approximate surface area is 157 Å². The third kappa shape index (κ3) is 4.26. The van der Waals surface area contributed by atoms with Crippen LogP contribution in [0.5, 0.6) is 0 Å². The van der Waals surface area contributed by atoms with Crippen LogP contribution in [0.2, 0.25) is 0 Å². The first-order valence-corrected chi connectivity index (χ1v) is 9.14. The molecule has 3 heterocycles. The summed E-state index contributed by atoms with van der Waals surface area (Å²) in [6, 6.07) is 3.34. The minimum atomic E-state index is -4.53. The van der Waals surface area contributed by atoms with E-state index in [-0.39, 0.29) is 30.4 Å². The molecule has 1 saturated heterocycles. The molecule has 1 unspecified atom stereocenters.